The number of para-hydroxylation sites is 2. The third kappa shape index (κ3) is 5.66. The lowest BCUT2D eigenvalue weighted by Gasteiger charge is -1.93. The van der Waals surface area contributed by atoms with Gasteiger partial charge < -0.3 is 13.9 Å². The normalized spacial score (nSPS) is 10.2. The Balaban J connectivity index is 0.0000000988. The van der Waals surface area contributed by atoms with Crippen LogP contribution < -0.4 is 0 Å². The largest absolute Gasteiger partial charge is 0.470 e. The molecular weight excluding hydrogens is 450 g/mol. The van der Waals surface area contributed by atoms with Gasteiger partial charge >= 0.3 is 0 Å². The van der Waals surface area contributed by atoms with Crippen LogP contribution in [-0.2, 0) is 0 Å². The minimum Gasteiger partial charge on any atom is -0.470 e. The molecule has 2 N–H and O–H groups in total. The minimum atomic E-state index is 0.845. The second-order valence-electron chi connectivity index (χ2n) is 7.73. The van der Waals surface area contributed by atoms with Crippen molar-refractivity contribution >= 4 is 21.9 Å². The van der Waals surface area contributed by atoms with Gasteiger partial charge in [0.05, 0.1) is 24.2 Å². The van der Waals surface area contributed by atoms with Gasteiger partial charge in [-0.3, -0.25) is 10.1 Å². The summed E-state index contributed by atoms with van der Waals surface area (Å²) >= 11 is 0. The van der Waals surface area contributed by atoms with Gasteiger partial charge in [-0.1, -0.05) is 53.7 Å². The average Bonchev–Trinajstić information content (AvgIpc) is 3.76. The van der Waals surface area contributed by atoms with Crippen molar-refractivity contribution in [2.24, 2.45) is 0 Å². The van der Waals surface area contributed by atoms with Crippen LogP contribution in [0.2, 0.25) is 0 Å². The number of nitrogens with zero attached hydrogens (tertiary/aromatic N) is 3. The van der Waals surface area contributed by atoms with Gasteiger partial charge in [0.2, 0.25) is 0 Å². The Hall–Kier alpha value is -5.17. The molecule has 0 bridgehead atoms. The van der Waals surface area contributed by atoms with Crippen LogP contribution in [0.1, 0.15) is 0 Å². The molecule has 0 fully saturated rings. The number of pyridine rings is 1. The smallest absolute Gasteiger partial charge is 0.166 e. The summed E-state index contributed by atoms with van der Waals surface area (Å²) in [4.78, 5) is 7.16. The summed E-state index contributed by atoms with van der Waals surface area (Å²) < 4.78 is 9.75. The van der Waals surface area contributed by atoms with E-state index in [2.05, 4.69) is 43.5 Å². The Morgan fingerprint density at radius 2 is 1.56 bits per heavy atom. The summed E-state index contributed by atoms with van der Waals surface area (Å²) in [6.45, 7) is 0. The molecule has 0 radical (unpaired) electrons. The van der Waals surface area contributed by atoms with Crippen molar-refractivity contribution in [2.75, 3.05) is 0 Å². The Bertz CT molecular complexity index is 1430. The number of H-pyrrole nitrogens is 2. The van der Waals surface area contributed by atoms with Crippen LogP contribution >= 0.6 is 0 Å². The molecule has 36 heavy (non-hydrogen) atoms. The van der Waals surface area contributed by atoms with Gasteiger partial charge in [-0.05, 0) is 48.0 Å². The predicted molar refractivity (Wildman–Crippen MR) is 141 cm³/mol. The van der Waals surface area contributed by atoms with Crippen LogP contribution in [0.5, 0.6) is 0 Å². The van der Waals surface area contributed by atoms with E-state index in [1.54, 1.807) is 24.9 Å². The van der Waals surface area contributed by atoms with E-state index in [0.29, 0.717) is 0 Å². The number of nitrogens with one attached hydrogen (secondary N) is 2. The molecule has 0 atom stereocenters. The fourth-order valence-electron chi connectivity index (χ4n) is 3.51. The average molecular weight is 474 g/mol. The summed E-state index contributed by atoms with van der Waals surface area (Å²) in [5.74, 6) is 0. The first kappa shape index (κ1) is 22.6. The molecule has 7 nitrogen and oxygen atoms in total. The highest BCUT2D eigenvalue weighted by Crippen LogP contribution is 2.18. The second kappa shape index (κ2) is 11.3. The zero-order valence-corrected chi connectivity index (χ0v) is 19.3. The lowest BCUT2D eigenvalue weighted by atomic mass is 10.2. The summed E-state index contributed by atoms with van der Waals surface area (Å²) in [6, 6.07) is 29.9. The van der Waals surface area contributed by atoms with E-state index in [1.165, 1.54) is 11.3 Å². The first-order chi connectivity index (χ1) is 17.9. The summed E-state index contributed by atoms with van der Waals surface area (Å²) in [6.07, 6.45) is 10.5. The molecule has 4 aromatic rings. The van der Waals surface area contributed by atoms with Crippen molar-refractivity contribution in [1.82, 2.24) is 25.3 Å². The molecule has 2 aromatic carbocycles. The van der Waals surface area contributed by atoms with E-state index in [4.69, 9.17) is 8.94 Å². The predicted octanol–water partition coefficient (Wildman–Crippen LogP) is 7.29. The maximum Gasteiger partial charge on any atom is 0.166 e. The molecule has 2 aromatic heterocycles. The quantitative estimate of drug-likeness (QED) is 0.241. The zero-order chi connectivity index (χ0) is 24.4. The number of aromatic nitrogens is 5. The summed E-state index contributed by atoms with van der Waals surface area (Å²) in [5.41, 5.74) is 6.46. The van der Waals surface area contributed by atoms with Crippen LogP contribution in [0.3, 0.4) is 0 Å². The highest BCUT2D eigenvalue weighted by Gasteiger charge is 1.99. The molecule has 176 valence electrons. The van der Waals surface area contributed by atoms with Gasteiger partial charge in [-0.15, -0.1) is 0 Å². The summed E-state index contributed by atoms with van der Waals surface area (Å²) in [5, 5.41) is 12.6. The van der Waals surface area contributed by atoms with Gasteiger partial charge in [0.25, 0.3) is 0 Å². The van der Waals surface area contributed by atoms with Crippen molar-refractivity contribution in [2.45, 2.75) is 0 Å². The number of aromatic amines is 2. The van der Waals surface area contributed by atoms with Crippen LogP contribution in [0, 0.1) is 0 Å². The Morgan fingerprint density at radius 3 is 2.42 bits per heavy atom. The highest BCUT2D eigenvalue weighted by molar-refractivity contribution is 5.77. The molecule has 5 heterocycles. The molecule has 0 saturated heterocycles. The highest BCUT2D eigenvalue weighted by atomic mass is 16.5. The van der Waals surface area contributed by atoms with Crippen molar-refractivity contribution in [3.05, 3.63) is 128 Å². The van der Waals surface area contributed by atoms with E-state index < -0.39 is 0 Å². The van der Waals surface area contributed by atoms with E-state index in [0.717, 1.165) is 33.1 Å². The van der Waals surface area contributed by atoms with Gasteiger partial charge in [0, 0.05) is 34.4 Å². The molecule has 4 aliphatic rings. The van der Waals surface area contributed by atoms with Crippen LogP contribution in [0.25, 0.3) is 44.4 Å². The Labute approximate surface area is 207 Å². The molecule has 0 saturated carbocycles. The van der Waals surface area contributed by atoms with Gasteiger partial charge in [-0.25, -0.2) is 0 Å². The fourth-order valence-corrected chi connectivity index (χ4v) is 3.51. The number of hydrogen-bond acceptors (Lipinski definition) is 5. The van der Waals surface area contributed by atoms with E-state index >= 15 is 0 Å². The first-order valence-electron chi connectivity index (χ1n) is 11.3. The third-order valence-electron chi connectivity index (χ3n) is 5.34. The molecule has 1 aliphatic carbocycles. The standard InChI is InChI=1S/C8H7N.C7H6N2.2C7H5NO/c1-3-7-4-2-6-9-8(7)5-1;1-2-4-7-6(3-1)5-8-9-7;1-3-8-7-5-9-4-2-6(1)7;1-2-4-7-6(3-1)5-8-9-7/h1-6,9H;1-5H,(H,8,9);2*1-5H. The summed E-state index contributed by atoms with van der Waals surface area (Å²) in [7, 11) is 0. The minimum absolute atomic E-state index is 0.845. The topological polar surface area (TPSA) is 96.5 Å². The number of fused-ring (bicyclic) bond motifs is 4. The molecule has 0 spiro atoms. The van der Waals surface area contributed by atoms with Crippen LogP contribution in [-0.4, -0.2) is 25.3 Å². The fraction of sp³-hybridized carbons (Fsp3) is 0. The number of benzene rings is 2. The number of rotatable bonds is 0. The van der Waals surface area contributed by atoms with E-state index in [9.17, 15) is 0 Å². The maximum absolute atomic E-state index is 4.89. The van der Waals surface area contributed by atoms with Gasteiger partial charge in [0.1, 0.15) is 12.0 Å². The van der Waals surface area contributed by atoms with Crippen molar-refractivity contribution in [3.63, 3.8) is 0 Å². The first-order valence-corrected chi connectivity index (χ1v) is 11.3. The lowest BCUT2D eigenvalue weighted by molar-refractivity contribution is 0.456. The molecule has 0 unspecified atom stereocenters. The van der Waals surface area contributed by atoms with Crippen molar-refractivity contribution in [1.29, 1.82) is 0 Å². The molecule has 0 amide bonds. The lowest BCUT2D eigenvalue weighted by Crippen LogP contribution is -1.74. The molecular formula is C29H23N5O2. The van der Waals surface area contributed by atoms with E-state index in [1.807, 2.05) is 85.2 Å². The van der Waals surface area contributed by atoms with E-state index in [-0.39, 0.29) is 0 Å². The molecule has 7 heteroatoms. The van der Waals surface area contributed by atoms with Crippen LogP contribution in [0.15, 0.2) is 137 Å². The monoisotopic (exact) mass is 473 g/mol. The SMILES string of the molecule is c1c[nH]c2cccc-2c1.c1cc2ccocc-2n1.c1ccc2[nH]ncc2c1.c1ccc2oncc2c1. The zero-order valence-electron chi connectivity index (χ0n) is 19.3. The second-order valence-corrected chi connectivity index (χ2v) is 7.73. The van der Waals surface area contributed by atoms with Crippen molar-refractivity contribution in [3.8, 4) is 22.5 Å². The maximum atomic E-state index is 4.89. The van der Waals surface area contributed by atoms with Gasteiger partial charge in [0.15, 0.2) is 5.58 Å². The van der Waals surface area contributed by atoms with Crippen LogP contribution in [0.4, 0.5) is 0 Å². The van der Waals surface area contributed by atoms with Gasteiger partial charge in [-0.2, -0.15) is 5.10 Å². The Morgan fingerprint density at radius 1 is 0.694 bits per heavy atom. The third-order valence-corrected chi connectivity index (χ3v) is 5.34. The molecule has 8 rings (SSSR count). The Kier molecular flexibility index (Phi) is 7.10. The number of hydrogen-bond donors (Lipinski definition) is 2. The van der Waals surface area contributed by atoms with Crippen molar-refractivity contribution < 1.29 is 8.94 Å². The molecule has 3 aliphatic heterocycles.